The molecule has 0 bridgehead atoms. The van der Waals surface area contributed by atoms with Gasteiger partial charge in [-0.05, 0) is 30.5 Å². The van der Waals surface area contributed by atoms with E-state index in [1.54, 1.807) is 6.33 Å². The Labute approximate surface area is 173 Å². The van der Waals surface area contributed by atoms with Gasteiger partial charge in [-0.3, -0.25) is 4.90 Å². The molecule has 0 spiro atoms. The second-order valence-corrected chi connectivity index (χ2v) is 8.53. The molecule has 6 heteroatoms. The van der Waals surface area contributed by atoms with Crippen LogP contribution in [0, 0.1) is 5.92 Å². The minimum Gasteiger partial charge on any atom is -0.369 e. The van der Waals surface area contributed by atoms with Gasteiger partial charge in [0.1, 0.15) is 12.1 Å². The van der Waals surface area contributed by atoms with Crippen LogP contribution in [0.15, 0.2) is 36.8 Å². The van der Waals surface area contributed by atoms with E-state index in [4.69, 9.17) is 0 Å². The predicted molar refractivity (Wildman–Crippen MR) is 116 cm³/mol. The Bertz CT molecular complexity index is 879. The van der Waals surface area contributed by atoms with Crippen LogP contribution in [0.25, 0.3) is 5.57 Å². The van der Waals surface area contributed by atoms with Gasteiger partial charge in [-0.25, -0.2) is 15.3 Å². The highest BCUT2D eigenvalue weighted by molar-refractivity contribution is 5.92. The smallest absolute Gasteiger partial charge is 0.165 e. The van der Waals surface area contributed by atoms with E-state index in [0.717, 1.165) is 68.0 Å². The second-order valence-electron chi connectivity index (χ2n) is 8.53. The zero-order chi connectivity index (χ0) is 19.6. The van der Waals surface area contributed by atoms with Crippen molar-refractivity contribution in [1.82, 2.24) is 25.1 Å². The molecule has 2 fully saturated rings. The van der Waals surface area contributed by atoms with Gasteiger partial charge in [-0.15, -0.1) is 0 Å². The number of hydrogen-bond acceptors (Lipinski definition) is 5. The first-order valence-electron chi connectivity index (χ1n) is 10.8. The summed E-state index contributed by atoms with van der Waals surface area (Å²) in [5.41, 5.74) is 4.69. The van der Waals surface area contributed by atoms with Gasteiger partial charge in [-0.2, -0.15) is 0 Å². The number of rotatable bonds is 7. The Morgan fingerprint density at radius 3 is 2.59 bits per heavy atom. The largest absolute Gasteiger partial charge is 0.369 e. The van der Waals surface area contributed by atoms with Crippen LogP contribution in [-0.4, -0.2) is 59.5 Å². The van der Waals surface area contributed by atoms with Crippen LogP contribution in [0.5, 0.6) is 0 Å². The number of hydrogen-bond donors (Lipinski definition) is 1. The molecule has 0 unspecified atom stereocenters. The summed E-state index contributed by atoms with van der Waals surface area (Å²) in [4.78, 5) is 13.8. The zero-order valence-corrected chi connectivity index (χ0v) is 17.1. The maximum absolute atomic E-state index is 4.53. The molecule has 6 nitrogen and oxygen atoms in total. The average molecular weight is 390 g/mol. The quantitative estimate of drug-likeness (QED) is 0.789. The van der Waals surface area contributed by atoms with E-state index >= 15 is 0 Å². The van der Waals surface area contributed by atoms with Crippen molar-refractivity contribution in [2.75, 3.05) is 45.1 Å². The van der Waals surface area contributed by atoms with Crippen molar-refractivity contribution in [3.63, 3.8) is 0 Å². The molecule has 151 valence electrons. The summed E-state index contributed by atoms with van der Waals surface area (Å²) in [6.07, 6.45) is 7.52. The van der Waals surface area contributed by atoms with Crippen LogP contribution in [0.3, 0.4) is 0 Å². The van der Waals surface area contributed by atoms with Crippen molar-refractivity contribution in [2.24, 2.45) is 5.92 Å². The fourth-order valence-electron chi connectivity index (χ4n) is 4.12. The Morgan fingerprint density at radius 2 is 1.83 bits per heavy atom. The van der Waals surface area contributed by atoms with Gasteiger partial charge in [0.2, 0.25) is 0 Å². The standard InChI is InChI=1S/C23H29N6/c1-28-10-12-29(13-11-28)15-18-4-6-19(7-5-18)20-14-25-23-21(20)22(26-16-27-23)24-9-8-17-2-3-17/h4-7,14,16-17H,2-3,8-13,15H2,1H3,(H,24,26,27). The van der Waals surface area contributed by atoms with Crippen molar-refractivity contribution in [2.45, 2.75) is 25.8 Å². The lowest BCUT2D eigenvalue weighted by atomic mass is 9.99. The van der Waals surface area contributed by atoms with Gasteiger partial charge in [0.15, 0.2) is 5.82 Å². The Morgan fingerprint density at radius 1 is 1.03 bits per heavy atom. The number of anilines is 1. The van der Waals surface area contributed by atoms with Crippen molar-refractivity contribution in [3.8, 4) is 0 Å². The zero-order valence-electron chi connectivity index (χ0n) is 17.1. The highest BCUT2D eigenvalue weighted by atomic mass is 15.2. The number of piperazine rings is 1. The minimum absolute atomic E-state index is 0.769. The number of nitrogens with zero attached hydrogens (tertiary/aromatic N) is 5. The average Bonchev–Trinajstić information content (AvgIpc) is 3.47. The summed E-state index contributed by atoms with van der Waals surface area (Å²) >= 11 is 0. The number of nitrogens with one attached hydrogen (secondary N) is 1. The van der Waals surface area contributed by atoms with Crippen LogP contribution in [0.4, 0.5) is 11.6 Å². The van der Waals surface area contributed by atoms with Crippen LogP contribution >= 0.6 is 0 Å². The first-order valence-corrected chi connectivity index (χ1v) is 10.8. The van der Waals surface area contributed by atoms with E-state index in [2.05, 4.69) is 61.7 Å². The van der Waals surface area contributed by atoms with Crippen molar-refractivity contribution in [1.29, 1.82) is 0 Å². The minimum atomic E-state index is 0.769. The van der Waals surface area contributed by atoms with E-state index in [9.17, 15) is 0 Å². The van der Waals surface area contributed by atoms with Gasteiger partial charge < -0.3 is 10.2 Å². The fraction of sp³-hybridized carbons (Fsp3) is 0.478. The third kappa shape index (κ3) is 4.28. The summed E-state index contributed by atoms with van der Waals surface area (Å²) in [5.74, 6) is 2.58. The first kappa shape index (κ1) is 18.6. The molecule has 2 aromatic rings. The van der Waals surface area contributed by atoms with Crippen molar-refractivity contribution < 1.29 is 0 Å². The Hall–Kier alpha value is -2.44. The molecule has 3 aliphatic rings. The summed E-state index contributed by atoms with van der Waals surface area (Å²) in [6.45, 7) is 6.57. The molecule has 2 aliphatic heterocycles. The molecule has 1 saturated carbocycles. The summed E-state index contributed by atoms with van der Waals surface area (Å²) in [6, 6.07) is 8.92. The number of fused-ring (bicyclic) bond motifs is 1. The topological polar surface area (TPSA) is 58.4 Å². The Balaban J connectivity index is 1.28. The maximum Gasteiger partial charge on any atom is 0.165 e. The molecular formula is C23H29N6. The molecular weight excluding hydrogens is 360 g/mol. The fourth-order valence-corrected chi connectivity index (χ4v) is 4.12. The van der Waals surface area contributed by atoms with Gasteiger partial charge in [0, 0.05) is 51.0 Å². The summed E-state index contributed by atoms with van der Waals surface area (Å²) in [7, 11) is 2.20. The molecule has 1 radical (unpaired) electrons. The van der Waals surface area contributed by atoms with Crippen LogP contribution in [-0.2, 0) is 6.54 Å². The molecule has 1 aliphatic carbocycles. The lowest BCUT2D eigenvalue weighted by Crippen LogP contribution is -2.43. The molecule has 1 aromatic heterocycles. The van der Waals surface area contributed by atoms with E-state index in [-0.39, 0.29) is 0 Å². The Kier molecular flexibility index (Phi) is 5.21. The van der Waals surface area contributed by atoms with Gasteiger partial charge >= 0.3 is 0 Å². The van der Waals surface area contributed by atoms with E-state index in [1.165, 1.54) is 30.4 Å². The van der Waals surface area contributed by atoms with E-state index in [1.807, 2.05) is 6.20 Å². The highest BCUT2D eigenvalue weighted by Crippen LogP contribution is 2.38. The lowest BCUT2D eigenvalue weighted by molar-refractivity contribution is 0.148. The first-order chi connectivity index (χ1) is 14.3. The van der Waals surface area contributed by atoms with Gasteiger partial charge in [0.25, 0.3) is 0 Å². The molecule has 0 amide bonds. The highest BCUT2D eigenvalue weighted by Gasteiger charge is 2.24. The second kappa shape index (κ2) is 8.13. The molecule has 3 heterocycles. The predicted octanol–water partition coefficient (Wildman–Crippen LogP) is 3.07. The number of benzene rings is 1. The summed E-state index contributed by atoms with van der Waals surface area (Å²) in [5, 5.41) is 8.05. The van der Waals surface area contributed by atoms with Gasteiger partial charge in [0.05, 0.1) is 5.56 Å². The monoisotopic (exact) mass is 389 g/mol. The van der Waals surface area contributed by atoms with Crippen LogP contribution in [0.2, 0.25) is 0 Å². The van der Waals surface area contributed by atoms with Crippen LogP contribution in [0.1, 0.15) is 36.0 Å². The van der Waals surface area contributed by atoms with Crippen molar-refractivity contribution in [3.05, 3.63) is 53.5 Å². The summed E-state index contributed by atoms with van der Waals surface area (Å²) < 4.78 is 0. The normalized spacial score (nSPS) is 19.6. The lowest BCUT2D eigenvalue weighted by Gasteiger charge is -2.32. The van der Waals surface area contributed by atoms with Crippen molar-refractivity contribution >= 4 is 17.2 Å². The third-order valence-electron chi connectivity index (χ3n) is 6.22. The van der Waals surface area contributed by atoms with E-state index in [0.29, 0.717) is 0 Å². The number of likely N-dealkylation sites (N-methyl/N-ethyl adjacent to an activating group) is 1. The molecule has 5 rings (SSSR count). The van der Waals surface area contributed by atoms with E-state index < -0.39 is 0 Å². The maximum atomic E-state index is 4.53. The number of aromatic nitrogens is 2. The molecule has 29 heavy (non-hydrogen) atoms. The molecule has 1 aromatic carbocycles. The third-order valence-corrected chi connectivity index (χ3v) is 6.22. The molecule has 1 N–H and O–H groups in total. The van der Waals surface area contributed by atoms with Gasteiger partial charge in [-0.1, -0.05) is 37.1 Å². The SMILES string of the molecule is CN1CCN(Cc2ccc(C3=C[N]c4ncnc(NCCC5CC5)c43)cc2)CC1. The molecule has 0 atom stereocenters. The van der Waals surface area contributed by atoms with Crippen LogP contribution < -0.4 is 10.6 Å². The molecule has 1 saturated heterocycles.